The Hall–Kier alpha value is -0.850. The SMILES string of the molecule is CN(C)CCOCCNCC(N)=NO. The second-order valence-electron chi connectivity index (χ2n) is 3.18. The van der Waals surface area contributed by atoms with Crippen molar-refractivity contribution in [1.29, 1.82) is 0 Å². The Kier molecular flexibility index (Phi) is 8.20. The zero-order valence-electron chi connectivity index (χ0n) is 8.86. The summed E-state index contributed by atoms with van der Waals surface area (Å²) in [6, 6.07) is 0. The summed E-state index contributed by atoms with van der Waals surface area (Å²) in [5.74, 6) is 0.179. The number of oxime groups is 1. The first-order valence-electron chi connectivity index (χ1n) is 4.56. The molecule has 0 bridgehead atoms. The smallest absolute Gasteiger partial charge is 0.153 e. The van der Waals surface area contributed by atoms with E-state index in [0.717, 1.165) is 13.2 Å². The van der Waals surface area contributed by atoms with Crippen LogP contribution in [0.3, 0.4) is 0 Å². The van der Waals surface area contributed by atoms with Gasteiger partial charge in [-0.05, 0) is 14.1 Å². The van der Waals surface area contributed by atoms with E-state index in [1.54, 1.807) is 0 Å². The van der Waals surface area contributed by atoms with Gasteiger partial charge >= 0.3 is 0 Å². The highest BCUT2D eigenvalue weighted by Gasteiger charge is 1.93. The largest absolute Gasteiger partial charge is 0.409 e. The molecular formula is C8H20N4O2. The number of nitrogens with two attached hydrogens (primary N) is 1. The summed E-state index contributed by atoms with van der Waals surface area (Å²) >= 11 is 0. The average molecular weight is 204 g/mol. The minimum atomic E-state index is 0.179. The first-order valence-corrected chi connectivity index (χ1v) is 4.56. The average Bonchev–Trinajstić information content (AvgIpc) is 2.15. The van der Waals surface area contributed by atoms with Crippen molar-refractivity contribution in [3.05, 3.63) is 0 Å². The van der Waals surface area contributed by atoms with Gasteiger partial charge in [0.1, 0.15) is 0 Å². The van der Waals surface area contributed by atoms with Gasteiger partial charge in [-0.15, -0.1) is 0 Å². The fourth-order valence-corrected chi connectivity index (χ4v) is 0.745. The number of likely N-dealkylation sites (N-methyl/N-ethyl adjacent to an activating group) is 1. The van der Waals surface area contributed by atoms with E-state index in [9.17, 15) is 0 Å². The van der Waals surface area contributed by atoms with Crippen LogP contribution < -0.4 is 11.1 Å². The van der Waals surface area contributed by atoms with Gasteiger partial charge < -0.3 is 25.9 Å². The molecule has 84 valence electrons. The van der Waals surface area contributed by atoms with Crippen LogP contribution >= 0.6 is 0 Å². The molecule has 0 aromatic rings. The van der Waals surface area contributed by atoms with E-state index in [0.29, 0.717) is 19.7 Å². The maximum Gasteiger partial charge on any atom is 0.153 e. The monoisotopic (exact) mass is 204 g/mol. The van der Waals surface area contributed by atoms with Crippen molar-refractivity contribution in [3.8, 4) is 0 Å². The first kappa shape index (κ1) is 13.2. The molecule has 0 amide bonds. The van der Waals surface area contributed by atoms with Crippen LogP contribution in [-0.4, -0.2) is 62.9 Å². The number of rotatable bonds is 8. The van der Waals surface area contributed by atoms with Gasteiger partial charge in [-0.25, -0.2) is 0 Å². The molecule has 0 aliphatic rings. The standard InChI is InChI=1S/C8H20N4O2/c1-12(2)4-6-14-5-3-10-7-8(9)11-13/h10,13H,3-7H2,1-2H3,(H2,9,11). The first-order chi connectivity index (χ1) is 6.66. The summed E-state index contributed by atoms with van der Waals surface area (Å²) in [5.41, 5.74) is 5.24. The Balaban J connectivity index is 3.07. The summed E-state index contributed by atoms with van der Waals surface area (Å²) < 4.78 is 5.31. The highest BCUT2D eigenvalue weighted by Crippen LogP contribution is 1.77. The van der Waals surface area contributed by atoms with Crippen molar-refractivity contribution in [2.45, 2.75) is 0 Å². The lowest BCUT2D eigenvalue weighted by atomic mass is 10.5. The topological polar surface area (TPSA) is 83.1 Å². The molecule has 0 unspecified atom stereocenters. The predicted molar refractivity (Wildman–Crippen MR) is 55.7 cm³/mol. The van der Waals surface area contributed by atoms with E-state index >= 15 is 0 Å². The maximum absolute atomic E-state index is 8.22. The van der Waals surface area contributed by atoms with Gasteiger partial charge in [-0.3, -0.25) is 0 Å². The van der Waals surface area contributed by atoms with E-state index in [1.807, 2.05) is 14.1 Å². The third kappa shape index (κ3) is 9.24. The van der Waals surface area contributed by atoms with E-state index < -0.39 is 0 Å². The lowest BCUT2D eigenvalue weighted by Gasteiger charge is -2.09. The molecule has 0 fully saturated rings. The zero-order chi connectivity index (χ0) is 10.8. The lowest BCUT2D eigenvalue weighted by molar-refractivity contribution is 0.120. The number of nitrogens with zero attached hydrogens (tertiary/aromatic N) is 2. The van der Waals surface area contributed by atoms with Crippen molar-refractivity contribution in [2.24, 2.45) is 10.9 Å². The van der Waals surface area contributed by atoms with Gasteiger partial charge in [0.25, 0.3) is 0 Å². The number of ether oxygens (including phenoxy) is 1. The highest BCUT2D eigenvalue weighted by molar-refractivity contribution is 5.81. The molecule has 0 aromatic heterocycles. The molecule has 0 saturated heterocycles. The quantitative estimate of drug-likeness (QED) is 0.154. The predicted octanol–water partition coefficient (Wildman–Crippen LogP) is -1.10. The molecule has 0 aliphatic carbocycles. The number of amidine groups is 1. The maximum atomic E-state index is 8.22. The normalized spacial score (nSPS) is 12.4. The molecule has 6 heteroatoms. The summed E-state index contributed by atoms with van der Waals surface area (Å²) in [6.45, 7) is 3.35. The Labute approximate surface area is 84.7 Å². The minimum absolute atomic E-state index is 0.179. The molecule has 4 N–H and O–H groups in total. The van der Waals surface area contributed by atoms with Crippen LogP contribution in [0.25, 0.3) is 0 Å². The van der Waals surface area contributed by atoms with Crippen LogP contribution in [-0.2, 0) is 4.74 Å². The third-order valence-electron chi connectivity index (χ3n) is 1.54. The van der Waals surface area contributed by atoms with E-state index in [1.165, 1.54) is 0 Å². The van der Waals surface area contributed by atoms with Gasteiger partial charge in [0, 0.05) is 13.1 Å². The van der Waals surface area contributed by atoms with Crippen LogP contribution in [0.5, 0.6) is 0 Å². The molecule has 14 heavy (non-hydrogen) atoms. The Morgan fingerprint density at radius 2 is 2.21 bits per heavy atom. The second kappa shape index (κ2) is 8.74. The Morgan fingerprint density at radius 3 is 2.79 bits per heavy atom. The molecule has 0 saturated carbocycles. The lowest BCUT2D eigenvalue weighted by Crippen LogP contribution is -2.31. The highest BCUT2D eigenvalue weighted by atomic mass is 16.5. The number of hydrogen-bond donors (Lipinski definition) is 3. The Bertz CT molecular complexity index is 161. The van der Waals surface area contributed by atoms with Crippen LogP contribution in [0, 0.1) is 0 Å². The molecule has 0 spiro atoms. The number of hydrogen-bond acceptors (Lipinski definition) is 5. The van der Waals surface area contributed by atoms with Gasteiger partial charge in [0.2, 0.25) is 0 Å². The summed E-state index contributed by atoms with van der Waals surface area (Å²) in [6.07, 6.45) is 0. The molecule has 0 heterocycles. The van der Waals surface area contributed by atoms with Crippen molar-refractivity contribution < 1.29 is 9.94 Å². The van der Waals surface area contributed by atoms with Gasteiger partial charge in [-0.1, -0.05) is 5.16 Å². The summed E-state index contributed by atoms with van der Waals surface area (Å²) in [4.78, 5) is 2.06. The molecular weight excluding hydrogens is 184 g/mol. The van der Waals surface area contributed by atoms with Gasteiger partial charge in [-0.2, -0.15) is 0 Å². The second-order valence-corrected chi connectivity index (χ2v) is 3.18. The van der Waals surface area contributed by atoms with Gasteiger partial charge in [0.05, 0.1) is 19.8 Å². The Morgan fingerprint density at radius 1 is 1.50 bits per heavy atom. The van der Waals surface area contributed by atoms with Crippen molar-refractivity contribution in [3.63, 3.8) is 0 Å². The van der Waals surface area contributed by atoms with Crippen LogP contribution in [0.2, 0.25) is 0 Å². The van der Waals surface area contributed by atoms with E-state index in [4.69, 9.17) is 15.7 Å². The summed E-state index contributed by atoms with van der Waals surface area (Å²) in [5, 5.41) is 14.0. The minimum Gasteiger partial charge on any atom is -0.409 e. The third-order valence-corrected chi connectivity index (χ3v) is 1.54. The van der Waals surface area contributed by atoms with Crippen LogP contribution in [0.1, 0.15) is 0 Å². The fourth-order valence-electron chi connectivity index (χ4n) is 0.745. The fraction of sp³-hybridized carbons (Fsp3) is 0.875. The molecule has 0 radical (unpaired) electrons. The van der Waals surface area contributed by atoms with Crippen LogP contribution in [0.15, 0.2) is 5.16 Å². The van der Waals surface area contributed by atoms with Crippen molar-refractivity contribution in [1.82, 2.24) is 10.2 Å². The van der Waals surface area contributed by atoms with Crippen molar-refractivity contribution in [2.75, 3.05) is 46.9 Å². The van der Waals surface area contributed by atoms with Crippen molar-refractivity contribution >= 4 is 5.84 Å². The molecule has 0 atom stereocenters. The molecule has 0 aromatic carbocycles. The molecule has 0 aliphatic heterocycles. The molecule has 0 rings (SSSR count). The molecule has 6 nitrogen and oxygen atoms in total. The summed E-state index contributed by atoms with van der Waals surface area (Å²) in [7, 11) is 4.00. The van der Waals surface area contributed by atoms with E-state index in [-0.39, 0.29) is 5.84 Å². The van der Waals surface area contributed by atoms with Crippen LogP contribution in [0.4, 0.5) is 0 Å². The van der Waals surface area contributed by atoms with Gasteiger partial charge in [0.15, 0.2) is 5.84 Å². The zero-order valence-corrected chi connectivity index (χ0v) is 8.86. The van der Waals surface area contributed by atoms with E-state index in [2.05, 4.69) is 15.4 Å². The number of nitrogens with one attached hydrogen (secondary N) is 1.